The van der Waals surface area contributed by atoms with Crippen molar-refractivity contribution in [3.63, 3.8) is 0 Å². The van der Waals surface area contributed by atoms with Crippen LogP contribution in [0.5, 0.6) is 0 Å². The predicted octanol–water partition coefficient (Wildman–Crippen LogP) is -22.8. The van der Waals surface area contributed by atoms with Gasteiger partial charge in [0.05, 0.1) is 64.1 Å². The molecule has 468 valence electrons. The van der Waals surface area contributed by atoms with Crippen molar-refractivity contribution in [1.29, 1.82) is 0 Å². The molecule has 0 aromatic carbocycles. The zero-order valence-electron chi connectivity index (χ0n) is 44.5. The van der Waals surface area contributed by atoms with Crippen LogP contribution in [0, 0.1) is 11.8 Å². The van der Waals surface area contributed by atoms with Gasteiger partial charge in [0.1, 0.15) is 134 Å². The molecule has 6 rings (SSSR count). The summed E-state index contributed by atoms with van der Waals surface area (Å²) in [6, 6.07) is 0. The Balaban J connectivity index is 0.000000420. The topological polar surface area (TPSA) is 618 Å². The summed E-state index contributed by atoms with van der Waals surface area (Å²) in [5.41, 5.74) is 0. The van der Waals surface area contributed by atoms with Crippen LogP contribution in [-0.2, 0) is 57.0 Å². The van der Waals surface area contributed by atoms with Crippen LogP contribution in [0.2, 0.25) is 0 Å². The molecule has 82 heavy (non-hydrogen) atoms. The second-order valence-electron chi connectivity index (χ2n) is 20.3. The Bertz CT molecular complexity index is 1940. The molecule has 22 N–H and O–H groups in total. The Morgan fingerprint density at radius 3 is 1.28 bits per heavy atom. The van der Waals surface area contributed by atoms with Crippen molar-refractivity contribution >= 4 is 11.9 Å². The van der Waals surface area contributed by atoms with Crippen LogP contribution in [0.1, 0.15) is 26.7 Å². The minimum atomic E-state index is -2.97. The SMILES string of the molecule is C[C@H]1C([C@H](O)[C@H](O)CO)O[C@@](OCC2O[C@@H](O[C@@H]3C(CO)OC(O)C(O)[C@H]3O)C(O)[C@@H](O)[C@H]2O)(C(=O)[O-])C[C@H]1O.C[C@H]1C([C@H](O)[C@H](O)CO)O[C@@](O[C@@H]2C(O)[C@H](O[C@@H]3C(CO)OC(O)C(O)[C@H]3O)OC(CO)[C@@H]2O)(C(=O)[O-])C[C@H]1O.[Na+].[Na+]. The Kier molecular flexibility index (Phi) is 30.0. The number of hydrogen-bond donors (Lipinski definition) is 22. The van der Waals surface area contributed by atoms with Crippen LogP contribution in [0.15, 0.2) is 0 Å². The van der Waals surface area contributed by atoms with Crippen molar-refractivity contribution in [1.82, 2.24) is 0 Å². The predicted molar refractivity (Wildman–Crippen MR) is 238 cm³/mol. The number of carbonyl (C=O) groups excluding carboxylic acids is 2. The molecule has 12 unspecified atom stereocenters. The molecule has 0 saturated carbocycles. The summed E-state index contributed by atoms with van der Waals surface area (Å²) in [5, 5.41) is 246. The van der Waals surface area contributed by atoms with Crippen LogP contribution < -0.4 is 69.3 Å². The van der Waals surface area contributed by atoms with Gasteiger partial charge in [-0.15, -0.1) is 0 Å². The molecule has 32 atom stereocenters. The Labute approximate surface area is 509 Å². The summed E-state index contributed by atoms with van der Waals surface area (Å²) in [6.07, 6.45) is -52.0. The quantitative estimate of drug-likeness (QED) is 0.0503. The van der Waals surface area contributed by atoms with E-state index in [1.165, 1.54) is 13.8 Å². The Morgan fingerprint density at radius 1 is 0.488 bits per heavy atom. The maximum absolute atomic E-state index is 12.3. The summed E-state index contributed by atoms with van der Waals surface area (Å²) >= 11 is 0. The van der Waals surface area contributed by atoms with Crippen molar-refractivity contribution in [3.05, 3.63) is 0 Å². The number of aliphatic hydroxyl groups excluding tert-OH is 22. The van der Waals surface area contributed by atoms with Crippen LogP contribution in [0.3, 0.4) is 0 Å². The summed E-state index contributed by atoms with van der Waals surface area (Å²) < 4.78 is 53.3. The largest absolute Gasteiger partial charge is 1.00 e. The van der Waals surface area contributed by atoms with Crippen LogP contribution in [0.4, 0.5) is 0 Å². The molecule has 6 heterocycles. The monoisotopic (exact) mass is 1220 g/mol. The number of hydrogen-bond acceptors (Lipinski definition) is 36. The molecular formula is C44H74Na2O36. The summed E-state index contributed by atoms with van der Waals surface area (Å²) in [4.78, 5) is 24.4. The van der Waals surface area contributed by atoms with Gasteiger partial charge in [-0.1, -0.05) is 13.8 Å². The number of rotatable bonds is 20. The molecule has 0 aromatic rings. The number of aliphatic carboxylic acids is 2. The van der Waals surface area contributed by atoms with Gasteiger partial charge in [0.15, 0.2) is 25.2 Å². The molecule has 0 amide bonds. The van der Waals surface area contributed by atoms with E-state index in [0.29, 0.717) is 0 Å². The number of ether oxygens (including phenoxy) is 10. The van der Waals surface area contributed by atoms with E-state index in [1.54, 1.807) is 0 Å². The number of carboxylic acids is 2. The first kappa shape index (κ1) is 75.9. The second-order valence-corrected chi connectivity index (χ2v) is 20.3. The third-order valence-corrected chi connectivity index (χ3v) is 14.9. The van der Waals surface area contributed by atoms with E-state index in [4.69, 9.17) is 52.5 Å². The summed E-state index contributed by atoms with van der Waals surface area (Å²) in [6.45, 7) is -2.65. The minimum Gasteiger partial charge on any atom is -0.544 e. The van der Waals surface area contributed by atoms with E-state index in [0.717, 1.165) is 0 Å². The van der Waals surface area contributed by atoms with Crippen molar-refractivity contribution in [2.24, 2.45) is 11.8 Å². The van der Waals surface area contributed by atoms with Gasteiger partial charge in [-0.05, 0) is 0 Å². The van der Waals surface area contributed by atoms with Gasteiger partial charge in [-0.25, -0.2) is 0 Å². The minimum absolute atomic E-state index is 0. The molecule has 0 aromatic heterocycles. The molecule has 0 radical (unpaired) electrons. The molecule has 36 nitrogen and oxygen atoms in total. The number of aliphatic hydroxyl groups is 22. The van der Waals surface area contributed by atoms with Crippen molar-refractivity contribution < 1.29 is 239 Å². The Hall–Kier alpha value is -0.340. The summed E-state index contributed by atoms with van der Waals surface area (Å²) in [5.74, 6) is -11.8. The molecule has 0 spiro atoms. The maximum Gasteiger partial charge on any atom is 1.00 e. The van der Waals surface area contributed by atoms with E-state index < -0.39 is 259 Å². The fraction of sp³-hybridized carbons (Fsp3) is 0.955. The molecule has 6 aliphatic heterocycles. The second kappa shape index (κ2) is 32.4. The molecule has 6 fully saturated rings. The Morgan fingerprint density at radius 2 is 0.878 bits per heavy atom. The van der Waals surface area contributed by atoms with E-state index in [1.807, 2.05) is 0 Å². The van der Waals surface area contributed by atoms with E-state index >= 15 is 0 Å². The molecular weight excluding hydrogens is 1150 g/mol. The molecule has 0 aliphatic carbocycles. The third kappa shape index (κ3) is 16.5. The average molecular weight is 1230 g/mol. The maximum atomic E-state index is 12.3. The first-order valence-electron chi connectivity index (χ1n) is 25.1. The smallest absolute Gasteiger partial charge is 0.544 e. The van der Waals surface area contributed by atoms with Crippen molar-refractivity contribution in [2.45, 2.75) is 210 Å². The van der Waals surface area contributed by atoms with Crippen molar-refractivity contribution in [2.75, 3.05) is 39.6 Å². The van der Waals surface area contributed by atoms with Gasteiger partial charge in [-0.2, -0.15) is 0 Å². The van der Waals surface area contributed by atoms with Gasteiger partial charge < -0.3 is 180 Å². The first-order valence-corrected chi connectivity index (χ1v) is 25.1. The van der Waals surface area contributed by atoms with E-state index in [9.17, 15) is 127 Å². The number of carboxylic acid groups (broad SMARTS) is 2. The van der Waals surface area contributed by atoms with Crippen molar-refractivity contribution in [3.8, 4) is 0 Å². The average Bonchev–Trinajstić information content (AvgIpc) is 3.44. The zero-order chi connectivity index (χ0) is 60.2. The fourth-order valence-electron chi connectivity index (χ4n) is 9.75. The van der Waals surface area contributed by atoms with Crippen LogP contribution in [0.25, 0.3) is 0 Å². The van der Waals surface area contributed by atoms with Gasteiger partial charge >= 0.3 is 59.1 Å². The molecule has 6 aliphatic rings. The zero-order valence-corrected chi connectivity index (χ0v) is 48.5. The van der Waals surface area contributed by atoms with E-state index in [2.05, 4.69) is 0 Å². The summed E-state index contributed by atoms with van der Waals surface area (Å²) in [7, 11) is 0. The number of carbonyl (C=O) groups is 2. The fourth-order valence-corrected chi connectivity index (χ4v) is 9.75. The van der Waals surface area contributed by atoms with Crippen LogP contribution >= 0.6 is 0 Å². The first-order chi connectivity index (χ1) is 37.4. The van der Waals surface area contributed by atoms with E-state index in [-0.39, 0.29) is 59.1 Å². The molecule has 6 saturated heterocycles. The van der Waals surface area contributed by atoms with Gasteiger partial charge in [0, 0.05) is 24.7 Å². The van der Waals surface area contributed by atoms with Gasteiger partial charge in [0.2, 0.25) is 11.6 Å². The van der Waals surface area contributed by atoms with Crippen LogP contribution in [-0.4, -0.2) is 347 Å². The third-order valence-electron chi connectivity index (χ3n) is 14.9. The normalized spacial score (nSPS) is 46.8. The molecule has 0 bridgehead atoms. The van der Waals surface area contributed by atoms with Gasteiger partial charge in [0.25, 0.3) is 0 Å². The standard InChI is InChI=1S/2C22H38O18.2Na/c1-6-7(25)2-22(21(34)35,40-17(6)11(27)8(26)3-23)36-5-10-12(28)13(29)16(32)20(38-10)39-18-9(4-24)37-19(33)15(31)14(18)30;1-6-7(26)2-22(21(34)35,39-16(6)11(28)8(27)3-23)40-18-12(29)9(4-24)37-20(15(18)32)38-17-10(5-25)36-19(33)14(31)13(17)30;;/h2*6-20,23-33H,2-5H2,1H3,(H,34,35);;/q;;2*+1/p-2/t6-,7-,8-,9?,10?,11-,12+,13+,14-,15?,16?,17?,18-,19?,20+,22-;6-,7-,8-,9?,10?,11-,12+,13-,14?,15?,16?,17-,18+,19?,20+,22+;;/m11../s1. The molecule has 38 heteroatoms. The van der Waals surface area contributed by atoms with Gasteiger partial charge in [-0.3, -0.25) is 0 Å².